The van der Waals surface area contributed by atoms with Crippen LogP contribution in [-0.2, 0) is 6.54 Å². The third kappa shape index (κ3) is 4.34. The largest absolute Gasteiger partial charge is 0.491 e. The summed E-state index contributed by atoms with van der Waals surface area (Å²) in [5, 5.41) is 0. The summed E-state index contributed by atoms with van der Waals surface area (Å²) in [6, 6.07) is 19.0. The Bertz CT molecular complexity index is 1410. The highest BCUT2D eigenvalue weighted by Crippen LogP contribution is 2.31. The molecule has 0 unspecified atom stereocenters. The highest BCUT2D eigenvalue weighted by molar-refractivity contribution is 5.82. The Kier molecular flexibility index (Phi) is 5.71. The lowest BCUT2D eigenvalue weighted by molar-refractivity contribution is 0.143. The smallest absolute Gasteiger partial charge is 0.320 e. The molecule has 2 aliphatic rings. The fourth-order valence-corrected chi connectivity index (χ4v) is 5.06. The number of benzene rings is 3. The van der Waals surface area contributed by atoms with E-state index in [0.29, 0.717) is 32.8 Å². The summed E-state index contributed by atoms with van der Waals surface area (Å²) >= 11 is 0. The lowest BCUT2D eigenvalue weighted by Gasteiger charge is -2.38. The molecule has 0 radical (unpaired) electrons. The summed E-state index contributed by atoms with van der Waals surface area (Å²) in [6.07, 6.45) is 0. The van der Waals surface area contributed by atoms with Gasteiger partial charge in [-0.05, 0) is 66.6 Å². The molecule has 1 saturated heterocycles. The van der Waals surface area contributed by atoms with Gasteiger partial charge in [-0.2, -0.15) is 0 Å². The van der Waals surface area contributed by atoms with Crippen LogP contribution in [0.3, 0.4) is 0 Å². The molecule has 2 amide bonds. The topological polar surface area (TPSA) is 64.7 Å². The summed E-state index contributed by atoms with van der Waals surface area (Å²) in [7, 11) is 0. The van der Waals surface area contributed by atoms with Crippen molar-refractivity contribution >= 4 is 22.8 Å². The molecule has 4 aromatic rings. The minimum atomic E-state index is -0.240. The number of carbonyl (C=O) groups is 1. The average molecular weight is 486 g/mol. The van der Waals surface area contributed by atoms with E-state index in [1.165, 1.54) is 12.1 Å². The number of H-pyrrole nitrogens is 1. The van der Waals surface area contributed by atoms with Gasteiger partial charge in [-0.25, -0.2) is 14.2 Å². The zero-order chi connectivity index (χ0) is 24.6. The van der Waals surface area contributed by atoms with Gasteiger partial charge in [0.05, 0.1) is 24.1 Å². The van der Waals surface area contributed by atoms with Crippen LogP contribution in [0, 0.1) is 12.7 Å². The van der Waals surface area contributed by atoms with Crippen LogP contribution in [-0.4, -0.2) is 65.1 Å². The van der Waals surface area contributed by atoms with E-state index in [9.17, 15) is 9.18 Å². The molecule has 3 heterocycles. The summed E-state index contributed by atoms with van der Waals surface area (Å²) in [4.78, 5) is 27.2. The van der Waals surface area contributed by atoms with E-state index in [0.717, 1.165) is 58.1 Å². The lowest BCUT2D eigenvalue weighted by Crippen LogP contribution is -2.53. The summed E-state index contributed by atoms with van der Waals surface area (Å²) < 4.78 is 19.3. The van der Waals surface area contributed by atoms with E-state index in [1.54, 1.807) is 12.1 Å². The van der Waals surface area contributed by atoms with Gasteiger partial charge in [0, 0.05) is 37.4 Å². The number of piperazine rings is 1. The molecule has 8 heteroatoms. The molecule has 1 fully saturated rings. The first-order valence-corrected chi connectivity index (χ1v) is 12.3. The van der Waals surface area contributed by atoms with Crippen LogP contribution >= 0.6 is 0 Å². The summed E-state index contributed by atoms with van der Waals surface area (Å²) in [6.45, 7) is 6.16. The van der Waals surface area contributed by atoms with Crippen molar-refractivity contribution in [2.24, 2.45) is 0 Å². The number of halogens is 1. The van der Waals surface area contributed by atoms with Crippen molar-refractivity contribution in [2.75, 3.05) is 44.2 Å². The van der Waals surface area contributed by atoms with Gasteiger partial charge in [-0.1, -0.05) is 12.1 Å². The Morgan fingerprint density at radius 1 is 0.917 bits per heavy atom. The van der Waals surface area contributed by atoms with E-state index < -0.39 is 0 Å². The maximum absolute atomic E-state index is 13.4. The number of amides is 2. The Hall–Kier alpha value is -4.07. The molecule has 1 N–H and O–H groups in total. The van der Waals surface area contributed by atoms with Crippen molar-refractivity contribution in [1.82, 2.24) is 19.8 Å². The normalized spacial score (nSPS) is 16.0. The number of aromatic amines is 1. The minimum Gasteiger partial charge on any atom is -0.491 e. The van der Waals surface area contributed by atoms with Crippen LogP contribution in [0.15, 0.2) is 60.7 Å². The Labute approximate surface area is 209 Å². The number of nitrogens with zero attached hydrogens (tertiary/aromatic N) is 4. The van der Waals surface area contributed by atoms with Gasteiger partial charge >= 0.3 is 6.03 Å². The van der Waals surface area contributed by atoms with Crippen molar-refractivity contribution in [3.8, 4) is 16.9 Å². The molecule has 6 rings (SSSR count). The zero-order valence-electron chi connectivity index (χ0n) is 20.2. The molecule has 0 saturated carbocycles. The molecule has 0 atom stereocenters. The third-order valence-electron chi connectivity index (χ3n) is 6.99. The fourth-order valence-electron chi connectivity index (χ4n) is 5.06. The molecule has 184 valence electrons. The second-order valence-corrected chi connectivity index (χ2v) is 9.38. The standard InChI is InChI=1S/C28H28FN5O2/c1-19-30-25-8-2-21(17-26(25)31-19)20-3-9-27-22(16-20)18-34(14-15-36-27)28(35)33-12-10-32(11-13-33)24-6-4-23(29)5-7-24/h2-9,16-17H,10-15,18H2,1H3,(H,30,31). The number of carbonyl (C=O) groups excluding carboxylic acids is 1. The number of imidazole rings is 1. The van der Waals surface area contributed by atoms with Crippen LogP contribution in [0.5, 0.6) is 5.75 Å². The number of urea groups is 1. The van der Waals surface area contributed by atoms with Crippen molar-refractivity contribution in [3.63, 3.8) is 0 Å². The van der Waals surface area contributed by atoms with Crippen molar-refractivity contribution < 1.29 is 13.9 Å². The number of anilines is 1. The molecule has 0 spiro atoms. The fraction of sp³-hybridized carbons (Fsp3) is 0.286. The molecule has 0 bridgehead atoms. The molecule has 3 aromatic carbocycles. The van der Waals surface area contributed by atoms with Crippen LogP contribution in [0.1, 0.15) is 11.4 Å². The molecule has 1 aromatic heterocycles. The highest BCUT2D eigenvalue weighted by atomic mass is 19.1. The first-order valence-electron chi connectivity index (χ1n) is 12.3. The van der Waals surface area contributed by atoms with Gasteiger partial charge in [-0.15, -0.1) is 0 Å². The highest BCUT2D eigenvalue weighted by Gasteiger charge is 2.27. The van der Waals surface area contributed by atoms with Crippen molar-refractivity contribution in [2.45, 2.75) is 13.5 Å². The van der Waals surface area contributed by atoms with E-state index in [4.69, 9.17) is 4.74 Å². The van der Waals surface area contributed by atoms with Crippen LogP contribution in [0.4, 0.5) is 14.9 Å². The van der Waals surface area contributed by atoms with Gasteiger partial charge in [0.1, 0.15) is 24.0 Å². The van der Waals surface area contributed by atoms with Gasteiger partial charge < -0.3 is 24.4 Å². The second kappa shape index (κ2) is 9.18. The van der Waals surface area contributed by atoms with Gasteiger partial charge in [0.25, 0.3) is 0 Å². The molecular weight excluding hydrogens is 457 g/mol. The number of fused-ring (bicyclic) bond motifs is 2. The number of rotatable bonds is 2. The zero-order valence-corrected chi connectivity index (χ0v) is 20.2. The second-order valence-electron chi connectivity index (χ2n) is 9.38. The first kappa shape index (κ1) is 22.4. The number of aryl methyl sites for hydroxylation is 1. The number of ether oxygens (including phenoxy) is 1. The van der Waals surface area contributed by atoms with E-state index in [1.807, 2.05) is 28.9 Å². The molecular formula is C28H28FN5O2. The van der Waals surface area contributed by atoms with Crippen molar-refractivity contribution in [3.05, 3.63) is 77.9 Å². The predicted molar refractivity (Wildman–Crippen MR) is 138 cm³/mol. The Morgan fingerprint density at radius 2 is 1.67 bits per heavy atom. The Morgan fingerprint density at radius 3 is 2.47 bits per heavy atom. The lowest BCUT2D eigenvalue weighted by atomic mass is 10.0. The van der Waals surface area contributed by atoms with Crippen LogP contribution in [0.2, 0.25) is 0 Å². The monoisotopic (exact) mass is 485 g/mol. The van der Waals surface area contributed by atoms with E-state index in [2.05, 4.69) is 39.1 Å². The maximum atomic E-state index is 13.4. The number of nitrogens with one attached hydrogen (secondary N) is 1. The molecule has 36 heavy (non-hydrogen) atoms. The Balaban J connectivity index is 1.17. The van der Waals surface area contributed by atoms with E-state index >= 15 is 0 Å². The van der Waals surface area contributed by atoms with Crippen LogP contribution in [0.25, 0.3) is 22.2 Å². The third-order valence-corrected chi connectivity index (χ3v) is 6.99. The van der Waals surface area contributed by atoms with Gasteiger partial charge in [0.15, 0.2) is 0 Å². The average Bonchev–Trinajstić information content (AvgIpc) is 3.14. The maximum Gasteiger partial charge on any atom is 0.320 e. The summed E-state index contributed by atoms with van der Waals surface area (Å²) in [5.74, 6) is 1.48. The predicted octanol–water partition coefficient (Wildman–Crippen LogP) is 4.81. The SMILES string of the molecule is Cc1nc2ccc(-c3ccc4c(c3)CN(C(=O)N3CCN(c5ccc(F)cc5)CC3)CCO4)cc2[nH]1. The van der Waals surface area contributed by atoms with Gasteiger partial charge in [-0.3, -0.25) is 0 Å². The van der Waals surface area contributed by atoms with Crippen molar-refractivity contribution in [1.29, 1.82) is 0 Å². The van der Waals surface area contributed by atoms with Gasteiger partial charge in [0.2, 0.25) is 0 Å². The summed E-state index contributed by atoms with van der Waals surface area (Å²) in [5.41, 5.74) is 6.11. The number of aromatic nitrogens is 2. The molecule has 2 aliphatic heterocycles. The quantitative estimate of drug-likeness (QED) is 0.443. The van der Waals surface area contributed by atoms with E-state index in [-0.39, 0.29) is 11.8 Å². The minimum absolute atomic E-state index is 0.0324. The molecule has 0 aliphatic carbocycles. The first-order chi connectivity index (χ1) is 17.5. The van der Waals surface area contributed by atoms with Crippen LogP contribution < -0.4 is 9.64 Å². The molecule has 7 nitrogen and oxygen atoms in total. The number of hydrogen-bond donors (Lipinski definition) is 1. The number of hydrogen-bond acceptors (Lipinski definition) is 4.